The molecule has 0 atom stereocenters. The molecule has 0 bridgehead atoms. The Morgan fingerprint density at radius 1 is 1.30 bits per heavy atom. The number of anilines is 1. The van der Waals surface area contributed by atoms with E-state index in [-0.39, 0.29) is 5.91 Å². The first-order chi connectivity index (χ1) is 9.72. The first-order valence-electron chi connectivity index (χ1n) is 7.44. The molecule has 1 heterocycles. The Bertz CT molecular complexity index is 441. The molecule has 2 rings (SSSR count). The lowest BCUT2D eigenvalue weighted by Crippen LogP contribution is -2.31. The van der Waals surface area contributed by atoms with E-state index in [2.05, 4.69) is 22.7 Å². The summed E-state index contributed by atoms with van der Waals surface area (Å²) in [5, 5.41) is 2.98. The van der Waals surface area contributed by atoms with E-state index in [1.54, 1.807) is 18.2 Å². The molecular weight excluding hydrogens is 252 g/mol. The zero-order valence-corrected chi connectivity index (χ0v) is 12.1. The lowest BCUT2D eigenvalue weighted by Gasteiger charge is -2.27. The van der Waals surface area contributed by atoms with Gasteiger partial charge in [-0.05, 0) is 36.8 Å². The summed E-state index contributed by atoms with van der Waals surface area (Å²) >= 11 is 0. The molecule has 1 aliphatic carbocycles. The van der Waals surface area contributed by atoms with Crippen LogP contribution < -0.4 is 16.6 Å². The fourth-order valence-electron chi connectivity index (χ4n) is 2.81. The van der Waals surface area contributed by atoms with E-state index in [9.17, 15) is 4.79 Å². The first-order valence-corrected chi connectivity index (χ1v) is 7.44. The normalized spacial score (nSPS) is 22.3. The summed E-state index contributed by atoms with van der Waals surface area (Å²) in [5.41, 5.74) is 2.85. The first kappa shape index (κ1) is 14.8. The van der Waals surface area contributed by atoms with Gasteiger partial charge in [-0.1, -0.05) is 32.3 Å². The smallest absolute Gasteiger partial charge is 0.269 e. The number of amides is 1. The fourth-order valence-corrected chi connectivity index (χ4v) is 2.81. The maximum absolute atomic E-state index is 12.0. The number of pyridine rings is 1. The van der Waals surface area contributed by atoms with Crippen LogP contribution in [0.2, 0.25) is 0 Å². The number of aromatic nitrogens is 1. The molecule has 5 heteroatoms. The van der Waals surface area contributed by atoms with Crippen LogP contribution in [0.3, 0.4) is 0 Å². The Kier molecular flexibility index (Phi) is 5.35. The Balaban J connectivity index is 1.80. The third-order valence-corrected chi connectivity index (χ3v) is 4.22. The van der Waals surface area contributed by atoms with E-state index in [0.717, 1.165) is 12.5 Å². The number of nitrogens with one attached hydrogen (secondary N) is 2. The third kappa shape index (κ3) is 3.93. The van der Waals surface area contributed by atoms with Crippen molar-refractivity contribution in [1.82, 2.24) is 10.3 Å². The monoisotopic (exact) mass is 276 g/mol. The minimum absolute atomic E-state index is 0.125. The molecule has 1 aliphatic rings. The van der Waals surface area contributed by atoms with Crippen LogP contribution in [0.5, 0.6) is 0 Å². The van der Waals surface area contributed by atoms with Crippen molar-refractivity contribution in [3.8, 4) is 0 Å². The molecule has 1 fully saturated rings. The maximum atomic E-state index is 12.0. The van der Waals surface area contributed by atoms with E-state index in [4.69, 9.17) is 5.84 Å². The lowest BCUT2D eigenvalue weighted by molar-refractivity contribution is 0.0936. The topological polar surface area (TPSA) is 80.0 Å². The minimum Gasteiger partial charge on any atom is -0.350 e. The van der Waals surface area contributed by atoms with E-state index in [1.165, 1.54) is 32.1 Å². The van der Waals surface area contributed by atoms with Gasteiger partial charge in [0.05, 0.1) is 0 Å². The van der Waals surface area contributed by atoms with Crippen LogP contribution in [0.25, 0.3) is 0 Å². The van der Waals surface area contributed by atoms with Gasteiger partial charge in [0.1, 0.15) is 11.5 Å². The van der Waals surface area contributed by atoms with Crippen LogP contribution in [-0.4, -0.2) is 17.4 Å². The van der Waals surface area contributed by atoms with E-state index >= 15 is 0 Å². The number of hydrazine groups is 1. The van der Waals surface area contributed by atoms with Gasteiger partial charge in [-0.2, -0.15) is 0 Å². The number of hydrogen-bond donors (Lipinski definition) is 3. The van der Waals surface area contributed by atoms with Crippen molar-refractivity contribution in [2.45, 2.75) is 39.0 Å². The van der Waals surface area contributed by atoms with E-state index in [0.29, 0.717) is 17.4 Å². The number of nitrogens with zero attached hydrogens (tertiary/aromatic N) is 1. The number of nitrogens with two attached hydrogens (primary N) is 1. The molecular formula is C15H24N4O. The number of carbonyl (C=O) groups excluding carboxylic acids is 1. The highest BCUT2D eigenvalue weighted by Crippen LogP contribution is 2.30. The Labute approximate surface area is 120 Å². The summed E-state index contributed by atoms with van der Waals surface area (Å²) in [6.07, 6.45) is 6.30. The average Bonchev–Trinajstić information content (AvgIpc) is 2.53. The summed E-state index contributed by atoms with van der Waals surface area (Å²) < 4.78 is 0. The highest BCUT2D eigenvalue weighted by Gasteiger charge is 2.20. The molecule has 0 saturated heterocycles. The summed E-state index contributed by atoms with van der Waals surface area (Å²) in [4.78, 5) is 16.2. The molecule has 4 N–H and O–H groups in total. The Morgan fingerprint density at radius 3 is 2.65 bits per heavy atom. The molecule has 0 aliphatic heterocycles. The second-order valence-electron chi connectivity index (χ2n) is 5.56. The second kappa shape index (κ2) is 7.24. The third-order valence-electron chi connectivity index (χ3n) is 4.22. The van der Waals surface area contributed by atoms with Gasteiger partial charge in [0.25, 0.3) is 5.91 Å². The van der Waals surface area contributed by atoms with Crippen LogP contribution in [-0.2, 0) is 0 Å². The minimum atomic E-state index is -0.125. The number of nitrogen functional groups attached to an aromatic ring is 1. The van der Waals surface area contributed by atoms with Crippen LogP contribution in [0, 0.1) is 11.8 Å². The van der Waals surface area contributed by atoms with Gasteiger partial charge < -0.3 is 10.7 Å². The van der Waals surface area contributed by atoms with Crippen molar-refractivity contribution in [2.75, 3.05) is 12.0 Å². The summed E-state index contributed by atoms with van der Waals surface area (Å²) in [5.74, 6) is 7.16. The lowest BCUT2D eigenvalue weighted by atomic mass is 9.81. The molecule has 1 saturated carbocycles. The molecule has 5 nitrogen and oxygen atoms in total. The van der Waals surface area contributed by atoms with Crippen molar-refractivity contribution in [3.05, 3.63) is 23.9 Å². The molecule has 20 heavy (non-hydrogen) atoms. The SMILES string of the molecule is CCC1CCC(CNC(=O)c2cccc(NN)n2)CC1. The molecule has 1 aromatic heterocycles. The van der Waals surface area contributed by atoms with Crippen molar-refractivity contribution in [3.63, 3.8) is 0 Å². The van der Waals surface area contributed by atoms with Crippen LogP contribution in [0.15, 0.2) is 18.2 Å². The quantitative estimate of drug-likeness (QED) is 0.569. The van der Waals surface area contributed by atoms with E-state index < -0.39 is 0 Å². The van der Waals surface area contributed by atoms with Crippen molar-refractivity contribution < 1.29 is 4.79 Å². The maximum Gasteiger partial charge on any atom is 0.269 e. The van der Waals surface area contributed by atoms with Crippen molar-refractivity contribution in [1.29, 1.82) is 0 Å². The van der Waals surface area contributed by atoms with Crippen molar-refractivity contribution in [2.24, 2.45) is 17.7 Å². The van der Waals surface area contributed by atoms with Gasteiger partial charge in [-0.15, -0.1) is 0 Å². The molecule has 0 unspecified atom stereocenters. The van der Waals surface area contributed by atoms with Gasteiger partial charge in [-0.3, -0.25) is 4.79 Å². The van der Waals surface area contributed by atoms with Gasteiger partial charge in [0.15, 0.2) is 0 Å². The predicted molar refractivity (Wildman–Crippen MR) is 80.1 cm³/mol. The largest absolute Gasteiger partial charge is 0.350 e. The number of hydrogen-bond acceptors (Lipinski definition) is 4. The molecule has 0 aromatic carbocycles. The van der Waals surface area contributed by atoms with Crippen LogP contribution in [0.1, 0.15) is 49.5 Å². The van der Waals surface area contributed by atoms with E-state index in [1.807, 2.05) is 0 Å². The van der Waals surface area contributed by atoms with Gasteiger partial charge >= 0.3 is 0 Å². The number of carbonyl (C=O) groups is 1. The summed E-state index contributed by atoms with van der Waals surface area (Å²) in [6.45, 7) is 3.01. The molecule has 1 aromatic rings. The van der Waals surface area contributed by atoms with Crippen LogP contribution >= 0.6 is 0 Å². The van der Waals surface area contributed by atoms with Crippen molar-refractivity contribution >= 4 is 11.7 Å². The standard InChI is InChI=1S/C15H24N4O/c1-2-11-6-8-12(9-7-11)10-17-15(20)13-4-3-5-14(18-13)19-16/h3-5,11-12H,2,6-10,16H2,1H3,(H,17,20)(H,18,19). The molecule has 110 valence electrons. The molecule has 0 radical (unpaired) electrons. The summed E-state index contributed by atoms with van der Waals surface area (Å²) in [7, 11) is 0. The fraction of sp³-hybridized carbons (Fsp3) is 0.600. The summed E-state index contributed by atoms with van der Waals surface area (Å²) in [6, 6.07) is 5.19. The zero-order valence-electron chi connectivity index (χ0n) is 12.1. The molecule has 0 spiro atoms. The highest BCUT2D eigenvalue weighted by molar-refractivity contribution is 5.92. The number of rotatable bonds is 5. The predicted octanol–water partition coefficient (Wildman–Crippen LogP) is 2.31. The molecule has 1 amide bonds. The second-order valence-corrected chi connectivity index (χ2v) is 5.56. The highest BCUT2D eigenvalue weighted by atomic mass is 16.1. The zero-order chi connectivity index (χ0) is 14.4. The van der Waals surface area contributed by atoms with Gasteiger partial charge in [0, 0.05) is 6.54 Å². The average molecular weight is 276 g/mol. The van der Waals surface area contributed by atoms with Crippen LogP contribution in [0.4, 0.5) is 5.82 Å². The van der Waals surface area contributed by atoms with Gasteiger partial charge in [-0.25, -0.2) is 10.8 Å². The van der Waals surface area contributed by atoms with Gasteiger partial charge in [0.2, 0.25) is 0 Å². The Morgan fingerprint density at radius 2 is 2.00 bits per heavy atom. The Hall–Kier alpha value is -1.62.